The number of benzene rings is 1. The van der Waals surface area contributed by atoms with Crippen LogP contribution in [0, 0.1) is 5.41 Å². The molecule has 0 fully saturated rings. The van der Waals surface area contributed by atoms with Gasteiger partial charge in [-0.05, 0) is 23.6 Å². The van der Waals surface area contributed by atoms with Gasteiger partial charge in [0.2, 0.25) is 0 Å². The number of rotatable bonds is 5. The molecule has 1 unspecified atom stereocenters. The minimum atomic E-state index is -4.44. The molecule has 9 heteroatoms. The number of aromatic nitrogens is 3. The second kappa shape index (κ2) is 7.17. The monoisotopic (exact) mass is 393 g/mol. The zero-order valence-electron chi connectivity index (χ0n) is 14.0. The van der Waals surface area contributed by atoms with Crippen molar-refractivity contribution in [1.29, 1.82) is 0 Å². The number of aliphatic hydroxyl groups is 1. The predicted molar refractivity (Wildman–Crippen MR) is 91.6 cm³/mol. The van der Waals surface area contributed by atoms with Crippen molar-refractivity contribution in [3.05, 3.63) is 41.4 Å². The van der Waals surface area contributed by atoms with E-state index in [1.54, 1.807) is 0 Å². The van der Waals surface area contributed by atoms with Crippen LogP contribution in [0.4, 0.5) is 13.2 Å². The Balaban J connectivity index is 2.24. The molecule has 0 amide bonds. The largest absolute Gasteiger partial charge is 0.416 e. The van der Waals surface area contributed by atoms with Crippen molar-refractivity contribution < 1.29 is 18.3 Å². The summed E-state index contributed by atoms with van der Waals surface area (Å²) in [6, 6.07) is 3.17. The normalized spacial score (nSPS) is 15.2. The Labute approximate surface area is 153 Å². The van der Waals surface area contributed by atoms with Crippen molar-refractivity contribution in [1.82, 2.24) is 14.8 Å². The van der Waals surface area contributed by atoms with Crippen LogP contribution < -0.4 is 0 Å². The van der Waals surface area contributed by atoms with E-state index in [2.05, 4.69) is 10.1 Å². The Bertz CT molecular complexity index is 716. The number of nitrogens with zero attached hydrogens (tertiary/aromatic N) is 3. The minimum Gasteiger partial charge on any atom is -0.387 e. The van der Waals surface area contributed by atoms with Gasteiger partial charge < -0.3 is 5.11 Å². The lowest BCUT2D eigenvalue weighted by atomic mass is 9.77. The van der Waals surface area contributed by atoms with E-state index in [-0.39, 0.29) is 22.2 Å². The molecule has 0 aliphatic rings. The summed E-state index contributed by atoms with van der Waals surface area (Å²) in [5.41, 5.74) is -2.54. The van der Waals surface area contributed by atoms with E-state index < -0.39 is 22.8 Å². The summed E-state index contributed by atoms with van der Waals surface area (Å²) in [7, 11) is 0. The van der Waals surface area contributed by atoms with E-state index in [0.29, 0.717) is 0 Å². The molecule has 1 aromatic heterocycles. The topological polar surface area (TPSA) is 50.9 Å². The zero-order valence-corrected chi connectivity index (χ0v) is 15.6. The van der Waals surface area contributed by atoms with E-state index in [9.17, 15) is 18.3 Å². The molecule has 1 atom stereocenters. The Kier molecular flexibility index (Phi) is 5.75. The highest BCUT2D eigenvalue weighted by atomic mass is 35.5. The van der Waals surface area contributed by atoms with Crippen LogP contribution in [-0.4, -0.2) is 31.2 Å². The Hall–Kier alpha value is -1.25. The molecule has 0 saturated heterocycles. The van der Waals surface area contributed by atoms with Gasteiger partial charge in [0.25, 0.3) is 0 Å². The summed E-state index contributed by atoms with van der Waals surface area (Å²) in [4.78, 5) is 4.12. The zero-order chi connectivity index (χ0) is 18.9. The average molecular weight is 394 g/mol. The van der Waals surface area contributed by atoms with Gasteiger partial charge in [0.15, 0.2) is 0 Å². The molecule has 0 spiro atoms. The third kappa shape index (κ3) is 4.89. The molecular weight excluding hydrogens is 375 g/mol. The number of hydrogen-bond donors (Lipinski definition) is 1. The summed E-state index contributed by atoms with van der Waals surface area (Å²) in [5, 5.41) is 15.3. The lowest BCUT2D eigenvalue weighted by molar-refractivity contribution is -0.137. The third-order valence-corrected chi connectivity index (χ3v) is 5.72. The maximum atomic E-state index is 12.9. The maximum Gasteiger partial charge on any atom is 0.416 e. The van der Waals surface area contributed by atoms with Crippen LogP contribution in [0.1, 0.15) is 26.3 Å². The highest BCUT2D eigenvalue weighted by Crippen LogP contribution is 2.40. The number of thioether (sulfide) groups is 1. The van der Waals surface area contributed by atoms with Crippen LogP contribution >= 0.6 is 23.4 Å². The molecular formula is C16H19ClF3N3OS. The fourth-order valence-corrected chi connectivity index (χ4v) is 3.69. The van der Waals surface area contributed by atoms with Crippen molar-refractivity contribution in [3.63, 3.8) is 0 Å². The molecule has 138 valence electrons. The molecule has 2 rings (SSSR count). The molecule has 1 heterocycles. The van der Waals surface area contributed by atoms with Crippen LogP contribution in [0.15, 0.2) is 35.7 Å². The van der Waals surface area contributed by atoms with Gasteiger partial charge in [-0.25, -0.2) is 4.98 Å². The quantitative estimate of drug-likeness (QED) is 0.759. The van der Waals surface area contributed by atoms with Gasteiger partial charge in [-0.1, -0.05) is 32.4 Å². The third-order valence-electron chi connectivity index (χ3n) is 4.01. The minimum absolute atomic E-state index is 0.150. The predicted octanol–water partition coefficient (Wildman–Crippen LogP) is 4.52. The van der Waals surface area contributed by atoms with Gasteiger partial charge in [-0.3, -0.25) is 4.68 Å². The van der Waals surface area contributed by atoms with Crippen LogP contribution in [0.5, 0.6) is 0 Å². The number of hydrogen-bond acceptors (Lipinski definition) is 4. The van der Waals surface area contributed by atoms with Gasteiger partial charge in [-0.2, -0.15) is 18.3 Å². The van der Waals surface area contributed by atoms with Crippen molar-refractivity contribution in [2.45, 2.75) is 44.0 Å². The Morgan fingerprint density at radius 3 is 2.44 bits per heavy atom. The molecule has 0 bridgehead atoms. The van der Waals surface area contributed by atoms with Gasteiger partial charge in [0.1, 0.15) is 12.7 Å². The van der Waals surface area contributed by atoms with E-state index in [0.717, 1.165) is 23.9 Å². The first-order valence-electron chi connectivity index (χ1n) is 7.47. The first-order chi connectivity index (χ1) is 11.4. The van der Waals surface area contributed by atoms with Gasteiger partial charge in [-0.15, -0.1) is 11.8 Å². The SMILES string of the molecule is CC(C)(C)C(O)(CSc1cc(C(F)(F)F)ccc1Cl)Cn1cncn1. The first kappa shape index (κ1) is 20.1. The van der Waals surface area contributed by atoms with Crippen LogP contribution in [-0.2, 0) is 12.7 Å². The molecule has 1 aromatic carbocycles. The summed E-state index contributed by atoms with van der Waals surface area (Å²) in [6.45, 7) is 5.74. The van der Waals surface area contributed by atoms with Gasteiger partial charge in [0.05, 0.1) is 22.7 Å². The second-order valence-corrected chi connectivity index (χ2v) is 8.23. The molecule has 0 saturated carbocycles. The summed E-state index contributed by atoms with van der Waals surface area (Å²) in [5.74, 6) is 0.150. The highest BCUT2D eigenvalue weighted by Gasteiger charge is 2.41. The van der Waals surface area contributed by atoms with Crippen molar-refractivity contribution in [2.75, 3.05) is 5.75 Å². The fourth-order valence-electron chi connectivity index (χ4n) is 2.07. The van der Waals surface area contributed by atoms with E-state index in [1.807, 2.05) is 20.8 Å². The molecule has 0 aliphatic heterocycles. The number of alkyl halides is 3. The van der Waals surface area contributed by atoms with E-state index in [4.69, 9.17) is 11.6 Å². The summed E-state index contributed by atoms with van der Waals surface area (Å²) in [6.07, 6.45) is -1.60. The lowest BCUT2D eigenvalue weighted by Crippen LogP contribution is -2.49. The molecule has 2 aromatic rings. The highest BCUT2D eigenvalue weighted by molar-refractivity contribution is 7.99. The maximum absolute atomic E-state index is 12.9. The van der Waals surface area contributed by atoms with Crippen LogP contribution in [0.3, 0.4) is 0 Å². The van der Waals surface area contributed by atoms with Crippen LogP contribution in [0.25, 0.3) is 0 Å². The van der Waals surface area contributed by atoms with E-state index >= 15 is 0 Å². The van der Waals surface area contributed by atoms with E-state index in [1.165, 1.54) is 23.4 Å². The lowest BCUT2D eigenvalue weighted by Gasteiger charge is -2.40. The molecule has 25 heavy (non-hydrogen) atoms. The molecule has 0 radical (unpaired) electrons. The van der Waals surface area contributed by atoms with Crippen molar-refractivity contribution in [3.8, 4) is 0 Å². The fraction of sp³-hybridized carbons (Fsp3) is 0.500. The standard InChI is InChI=1S/C16H19ClF3N3OS/c1-14(2,3)15(24,7-23-10-21-9-22-23)8-25-13-6-11(16(18,19)20)4-5-12(13)17/h4-6,9-10,24H,7-8H2,1-3H3. The number of halogens is 4. The first-order valence-corrected chi connectivity index (χ1v) is 8.83. The molecule has 0 aliphatic carbocycles. The van der Waals surface area contributed by atoms with Crippen molar-refractivity contribution >= 4 is 23.4 Å². The molecule has 1 N–H and O–H groups in total. The summed E-state index contributed by atoms with van der Waals surface area (Å²) < 4.78 is 40.2. The smallest absolute Gasteiger partial charge is 0.387 e. The summed E-state index contributed by atoms with van der Waals surface area (Å²) >= 11 is 7.12. The van der Waals surface area contributed by atoms with Gasteiger partial charge in [0, 0.05) is 10.6 Å². The average Bonchev–Trinajstić information content (AvgIpc) is 2.96. The van der Waals surface area contributed by atoms with Gasteiger partial charge >= 0.3 is 6.18 Å². The Morgan fingerprint density at radius 2 is 1.92 bits per heavy atom. The Morgan fingerprint density at radius 1 is 1.24 bits per heavy atom. The van der Waals surface area contributed by atoms with Crippen molar-refractivity contribution in [2.24, 2.45) is 5.41 Å². The second-order valence-electron chi connectivity index (χ2n) is 6.81. The molecule has 4 nitrogen and oxygen atoms in total. The van der Waals surface area contributed by atoms with Crippen LogP contribution in [0.2, 0.25) is 5.02 Å².